The smallest absolute Gasteiger partial charge is 0.282 e. The maximum Gasteiger partial charge on any atom is 0.282 e. The van der Waals surface area contributed by atoms with Crippen molar-refractivity contribution in [3.8, 4) is 0 Å². The van der Waals surface area contributed by atoms with E-state index in [1.54, 1.807) is 19.6 Å². The molecule has 1 amide bonds. The molecule has 7 nitrogen and oxygen atoms in total. The van der Waals surface area contributed by atoms with Crippen LogP contribution in [0.15, 0.2) is 36.4 Å². The van der Waals surface area contributed by atoms with Gasteiger partial charge in [0, 0.05) is 44.7 Å². The van der Waals surface area contributed by atoms with Gasteiger partial charge in [0.1, 0.15) is 5.69 Å². The molecule has 1 aromatic heterocycles. The Hall–Kier alpha value is -2.03. The number of carbonyl (C=O) groups is 1. The average molecular weight is 403 g/mol. The molecule has 1 aromatic carbocycles. The molecule has 0 radical (unpaired) electrons. The molecule has 0 saturated carbocycles. The molecule has 3 heterocycles. The van der Waals surface area contributed by atoms with Gasteiger partial charge in [0.15, 0.2) is 0 Å². The van der Waals surface area contributed by atoms with Crippen LogP contribution in [0.2, 0.25) is 0 Å². The van der Waals surface area contributed by atoms with E-state index in [0.717, 1.165) is 30.2 Å². The molecule has 0 N–H and O–H groups in total. The van der Waals surface area contributed by atoms with Crippen molar-refractivity contribution < 1.29 is 13.2 Å². The summed E-state index contributed by atoms with van der Waals surface area (Å²) in [5, 5.41) is 0.994. The molecule has 0 spiro atoms. The molecular formula is C20H26N4O3S. The van der Waals surface area contributed by atoms with Gasteiger partial charge in [-0.2, -0.15) is 17.0 Å². The van der Waals surface area contributed by atoms with Crippen LogP contribution < -0.4 is 0 Å². The lowest BCUT2D eigenvalue weighted by Crippen LogP contribution is -2.47. The number of carbonyl (C=O) groups excluding carboxylic acids is 1. The Balaban J connectivity index is 1.46. The quantitative estimate of drug-likeness (QED) is 0.788. The fourth-order valence-electron chi connectivity index (χ4n) is 3.93. The minimum Gasteiger partial charge on any atom is -0.336 e. The SMILES string of the molecule is O=C(c1ccc2ccccc2n1)N1CCCN(S(=O)(=O)N2CCCCC2)CC1. The number of amides is 1. The van der Waals surface area contributed by atoms with Crippen LogP contribution in [0, 0.1) is 0 Å². The minimum atomic E-state index is -3.44. The van der Waals surface area contributed by atoms with Crippen LogP contribution >= 0.6 is 0 Å². The molecule has 8 heteroatoms. The number of para-hydroxylation sites is 1. The Bertz CT molecular complexity index is 957. The lowest BCUT2D eigenvalue weighted by atomic mass is 10.2. The molecule has 28 heavy (non-hydrogen) atoms. The molecule has 2 saturated heterocycles. The molecule has 0 bridgehead atoms. The van der Waals surface area contributed by atoms with Gasteiger partial charge in [-0.1, -0.05) is 30.7 Å². The summed E-state index contributed by atoms with van der Waals surface area (Å²) in [5.41, 5.74) is 1.20. The predicted molar refractivity (Wildman–Crippen MR) is 108 cm³/mol. The number of hydrogen-bond donors (Lipinski definition) is 0. The zero-order valence-electron chi connectivity index (χ0n) is 16.0. The molecule has 0 atom stereocenters. The van der Waals surface area contributed by atoms with Crippen LogP contribution in [0.1, 0.15) is 36.2 Å². The number of benzene rings is 1. The molecular weight excluding hydrogens is 376 g/mol. The highest BCUT2D eigenvalue weighted by atomic mass is 32.2. The van der Waals surface area contributed by atoms with Crippen molar-refractivity contribution in [2.75, 3.05) is 39.3 Å². The third-order valence-corrected chi connectivity index (χ3v) is 7.56. The van der Waals surface area contributed by atoms with Crippen molar-refractivity contribution in [1.29, 1.82) is 0 Å². The van der Waals surface area contributed by atoms with E-state index < -0.39 is 10.2 Å². The molecule has 4 rings (SSSR count). The van der Waals surface area contributed by atoms with E-state index in [-0.39, 0.29) is 5.91 Å². The van der Waals surface area contributed by atoms with Crippen LogP contribution in [0.3, 0.4) is 0 Å². The molecule has 0 unspecified atom stereocenters. The van der Waals surface area contributed by atoms with E-state index in [0.29, 0.717) is 51.4 Å². The Morgan fingerprint density at radius 2 is 1.50 bits per heavy atom. The van der Waals surface area contributed by atoms with E-state index in [4.69, 9.17) is 0 Å². The van der Waals surface area contributed by atoms with Crippen LogP contribution in [0.5, 0.6) is 0 Å². The number of pyridine rings is 1. The lowest BCUT2D eigenvalue weighted by Gasteiger charge is -2.31. The fourth-order valence-corrected chi connectivity index (χ4v) is 5.65. The van der Waals surface area contributed by atoms with Gasteiger partial charge in [-0.15, -0.1) is 0 Å². The zero-order valence-corrected chi connectivity index (χ0v) is 16.8. The summed E-state index contributed by atoms with van der Waals surface area (Å²) < 4.78 is 29.0. The second-order valence-electron chi connectivity index (χ2n) is 7.40. The normalized spacial score (nSPS) is 20.2. The summed E-state index contributed by atoms with van der Waals surface area (Å²) in [6, 6.07) is 11.3. The average Bonchev–Trinajstić information content (AvgIpc) is 3.00. The van der Waals surface area contributed by atoms with Crippen LogP contribution in [-0.4, -0.2) is 72.1 Å². The lowest BCUT2D eigenvalue weighted by molar-refractivity contribution is 0.0758. The van der Waals surface area contributed by atoms with Gasteiger partial charge in [-0.3, -0.25) is 4.79 Å². The zero-order chi connectivity index (χ0) is 19.6. The Morgan fingerprint density at radius 1 is 0.786 bits per heavy atom. The molecule has 2 aliphatic rings. The topological polar surface area (TPSA) is 73.8 Å². The summed E-state index contributed by atoms with van der Waals surface area (Å²) >= 11 is 0. The first-order chi connectivity index (χ1) is 13.6. The maximum absolute atomic E-state index is 12.9. The first-order valence-electron chi connectivity index (χ1n) is 9.96. The highest BCUT2D eigenvalue weighted by molar-refractivity contribution is 7.86. The van der Waals surface area contributed by atoms with Crippen molar-refractivity contribution in [2.45, 2.75) is 25.7 Å². The number of aromatic nitrogens is 1. The summed E-state index contributed by atoms with van der Waals surface area (Å²) in [6.07, 6.45) is 3.57. The summed E-state index contributed by atoms with van der Waals surface area (Å²) in [4.78, 5) is 19.2. The largest absolute Gasteiger partial charge is 0.336 e. The monoisotopic (exact) mass is 402 g/mol. The van der Waals surface area contributed by atoms with Crippen molar-refractivity contribution in [3.63, 3.8) is 0 Å². The van der Waals surface area contributed by atoms with Gasteiger partial charge in [-0.25, -0.2) is 4.98 Å². The second-order valence-corrected chi connectivity index (χ2v) is 9.33. The van der Waals surface area contributed by atoms with Crippen molar-refractivity contribution >= 4 is 27.0 Å². The third kappa shape index (κ3) is 3.90. The van der Waals surface area contributed by atoms with Crippen LogP contribution in [-0.2, 0) is 10.2 Å². The summed E-state index contributed by atoms with van der Waals surface area (Å²) in [5.74, 6) is -0.136. The van der Waals surface area contributed by atoms with E-state index in [1.165, 1.54) is 0 Å². The molecule has 2 fully saturated rings. The molecule has 2 aromatic rings. The second kappa shape index (κ2) is 8.14. The highest BCUT2D eigenvalue weighted by Gasteiger charge is 2.32. The fraction of sp³-hybridized carbons (Fsp3) is 0.500. The number of nitrogens with zero attached hydrogens (tertiary/aromatic N) is 4. The highest BCUT2D eigenvalue weighted by Crippen LogP contribution is 2.19. The maximum atomic E-state index is 12.9. The first kappa shape index (κ1) is 19.3. The predicted octanol–water partition coefficient (Wildman–Crippen LogP) is 2.11. The number of fused-ring (bicyclic) bond motifs is 1. The molecule has 2 aliphatic heterocycles. The first-order valence-corrected chi connectivity index (χ1v) is 11.4. The van der Waals surface area contributed by atoms with Gasteiger partial charge in [-0.05, 0) is 31.4 Å². The molecule has 0 aliphatic carbocycles. The van der Waals surface area contributed by atoms with E-state index in [9.17, 15) is 13.2 Å². The number of hydrogen-bond acceptors (Lipinski definition) is 4. The van der Waals surface area contributed by atoms with Crippen LogP contribution in [0.25, 0.3) is 10.9 Å². The van der Waals surface area contributed by atoms with E-state index in [1.807, 2.05) is 30.3 Å². The number of rotatable bonds is 3. The van der Waals surface area contributed by atoms with Gasteiger partial charge < -0.3 is 4.90 Å². The van der Waals surface area contributed by atoms with E-state index >= 15 is 0 Å². The summed E-state index contributed by atoms with van der Waals surface area (Å²) in [7, 11) is -3.44. The van der Waals surface area contributed by atoms with Crippen molar-refractivity contribution in [3.05, 3.63) is 42.1 Å². The minimum absolute atomic E-state index is 0.136. The van der Waals surface area contributed by atoms with Gasteiger partial charge in [0.2, 0.25) is 0 Å². The Kier molecular flexibility index (Phi) is 5.61. The van der Waals surface area contributed by atoms with Gasteiger partial charge >= 0.3 is 0 Å². The Labute approximate surface area is 166 Å². The molecule has 150 valence electrons. The third-order valence-electron chi connectivity index (χ3n) is 5.53. The van der Waals surface area contributed by atoms with Crippen molar-refractivity contribution in [1.82, 2.24) is 18.5 Å². The van der Waals surface area contributed by atoms with Gasteiger partial charge in [0.25, 0.3) is 16.1 Å². The number of piperidine rings is 1. The summed E-state index contributed by atoms with van der Waals surface area (Å²) in [6.45, 7) is 2.91. The van der Waals surface area contributed by atoms with Gasteiger partial charge in [0.05, 0.1) is 5.52 Å². The Morgan fingerprint density at radius 3 is 2.32 bits per heavy atom. The van der Waals surface area contributed by atoms with Crippen LogP contribution in [0.4, 0.5) is 0 Å². The van der Waals surface area contributed by atoms with E-state index in [2.05, 4.69) is 4.98 Å². The van der Waals surface area contributed by atoms with Crippen molar-refractivity contribution in [2.24, 2.45) is 0 Å². The standard InChI is InChI=1S/C20H26N4O3S/c25-20(19-10-9-17-7-2-3-8-18(17)21-19)22-11-6-14-24(16-15-22)28(26,27)23-12-4-1-5-13-23/h2-3,7-10H,1,4-6,11-16H2.